The average molecular weight is 210 g/mol. The van der Waals surface area contributed by atoms with E-state index in [0.717, 1.165) is 31.8 Å². The third kappa shape index (κ3) is 4.00. The molecule has 1 rings (SSSR count). The van der Waals surface area contributed by atoms with E-state index in [1.165, 1.54) is 0 Å². The van der Waals surface area contributed by atoms with Crippen LogP contribution < -0.4 is 5.73 Å². The summed E-state index contributed by atoms with van der Waals surface area (Å²) in [7, 11) is 0. The molecule has 1 aromatic rings. The van der Waals surface area contributed by atoms with Crippen LogP contribution >= 0.6 is 0 Å². The van der Waals surface area contributed by atoms with Gasteiger partial charge in [-0.2, -0.15) is 0 Å². The molecule has 0 spiro atoms. The molecule has 0 amide bonds. The highest BCUT2D eigenvalue weighted by Gasteiger charge is 2.07. The van der Waals surface area contributed by atoms with E-state index in [4.69, 9.17) is 5.73 Å². The van der Waals surface area contributed by atoms with Crippen molar-refractivity contribution in [3.63, 3.8) is 0 Å². The smallest absolute Gasteiger partial charge is 0.132 e. The Morgan fingerprint density at radius 2 is 2.13 bits per heavy atom. The van der Waals surface area contributed by atoms with Crippen LogP contribution in [-0.2, 0) is 13.0 Å². The fourth-order valence-corrected chi connectivity index (χ4v) is 1.51. The van der Waals surface area contributed by atoms with Gasteiger partial charge in [0.15, 0.2) is 0 Å². The number of hydrogen-bond acceptors (Lipinski definition) is 3. The Kier molecular flexibility index (Phi) is 4.75. The van der Waals surface area contributed by atoms with Crippen LogP contribution in [0.25, 0.3) is 0 Å². The first-order valence-electron chi connectivity index (χ1n) is 5.70. The zero-order chi connectivity index (χ0) is 11.3. The SMILES string of the molecule is CC(C)Cn1cnnc1CCC(C)CN. The lowest BCUT2D eigenvalue weighted by atomic mass is 10.1. The number of nitrogens with two attached hydrogens (primary N) is 1. The molecule has 1 heterocycles. The summed E-state index contributed by atoms with van der Waals surface area (Å²) in [5.41, 5.74) is 5.59. The summed E-state index contributed by atoms with van der Waals surface area (Å²) in [5, 5.41) is 8.11. The van der Waals surface area contributed by atoms with Crippen LogP contribution in [0.15, 0.2) is 6.33 Å². The number of rotatable bonds is 6. The lowest BCUT2D eigenvalue weighted by molar-refractivity contribution is 0.483. The third-order valence-electron chi connectivity index (χ3n) is 2.52. The molecule has 0 bridgehead atoms. The van der Waals surface area contributed by atoms with Crippen LogP contribution in [0, 0.1) is 11.8 Å². The molecule has 0 aliphatic rings. The second-order valence-electron chi connectivity index (χ2n) is 4.67. The molecule has 4 heteroatoms. The van der Waals surface area contributed by atoms with E-state index in [9.17, 15) is 0 Å². The van der Waals surface area contributed by atoms with Gasteiger partial charge < -0.3 is 10.3 Å². The van der Waals surface area contributed by atoms with Crippen LogP contribution in [0.2, 0.25) is 0 Å². The molecular weight excluding hydrogens is 188 g/mol. The van der Waals surface area contributed by atoms with Crippen molar-refractivity contribution in [1.82, 2.24) is 14.8 Å². The van der Waals surface area contributed by atoms with E-state index in [0.29, 0.717) is 11.8 Å². The largest absolute Gasteiger partial charge is 0.330 e. The predicted octanol–water partition coefficient (Wildman–Crippen LogP) is 1.46. The lowest BCUT2D eigenvalue weighted by Crippen LogP contribution is -2.13. The second kappa shape index (κ2) is 5.85. The molecule has 1 unspecified atom stereocenters. The lowest BCUT2D eigenvalue weighted by Gasteiger charge is -2.10. The molecule has 1 aromatic heterocycles. The molecule has 1 atom stereocenters. The maximum Gasteiger partial charge on any atom is 0.132 e. The Bertz CT molecular complexity index is 280. The highest BCUT2D eigenvalue weighted by atomic mass is 15.3. The number of aryl methyl sites for hydroxylation is 1. The zero-order valence-electron chi connectivity index (χ0n) is 9.98. The van der Waals surface area contributed by atoms with Crippen LogP contribution in [0.1, 0.15) is 33.0 Å². The summed E-state index contributed by atoms with van der Waals surface area (Å²) in [4.78, 5) is 0. The molecule has 0 aromatic carbocycles. The van der Waals surface area contributed by atoms with Gasteiger partial charge in [-0.1, -0.05) is 20.8 Å². The minimum Gasteiger partial charge on any atom is -0.330 e. The number of hydrogen-bond donors (Lipinski definition) is 1. The Morgan fingerprint density at radius 1 is 1.40 bits per heavy atom. The first kappa shape index (κ1) is 12.2. The monoisotopic (exact) mass is 210 g/mol. The van der Waals surface area contributed by atoms with E-state index in [-0.39, 0.29) is 0 Å². The van der Waals surface area contributed by atoms with Gasteiger partial charge in [0, 0.05) is 13.0 Å². The molecule has 0 aliphatic heterocycles. The van der Waals surface area contributed by atoms with Gasteiger partial charge in [0.2, 0.25) is 0 Å². The van der Waals surface area contributed by atoms with E-state index in [1.54, 1.807) is 0 Å². The minimum atomic E-state index is 0.564. The van der Waals surface area contributed by atoms with Crippen molar-refractivity contribution in [3.05, 3.63) is 12.2 Å². The minimum absolute atomic E-state index is 0.564. The van der Waals surface area contributed by atoms with Gasteiger partial charge in [0.05, 0.1) is 0 Å². The maximum absolute atomic E-state index is 5.59. The maximum atomic E-state index is 5.59. The van der Waals surface area contributed by atoms with Crippen molar-refractivity contribution in [1.29, 1.82) is 0 Å². The number of aromatic nitrogens is 3. The van der Waals surface area contributed by atoms with Crippen molar-refractivity contribution in [2.45, 2.75) is 40.2 Å². The van der Waals surface area contributed by atoms with Gasteiger partial charge >= 0.3 is 0 Å². The predicted molar refractivity (Wildman–Crippen MR) is 61.4 cm³/mol. The van der Waals surface area contributed by atoms with Crippen molar-refractivity contribution < 1.29 is 0 Å². The molecule has 0 aliphatic carbocycles. The van der Waals surface area contributed by atoms with Gasteiger partial charge in [0.25, 0.3) is 0 Å². The Balaban J connectivity index is 2.49. The zero-order valence-corrected chi connectivity index (χ0v) is 9.98. The van der Waals surface area contributed by atoms with Crippen molar-refractivity contribution in [2.75, 3.05) is 6.54 Å². The van der Waals surface area contributed by atoms with E-state index < -0.39 is 0 Å². The summed E-state index contributed by atoms with van der Waals surface area (Å²) in [6.45, 7) is 8.32. The molecule has 15 heavy (non-hydrogen) atoms. The normalized spacial score (nSPS) is 13.4. The quantitative estimate of drug-likeness (QED) is 0.773. The first-order valence-corrected chi connectivity index (χ1v) is 5.70. The van der Waals surface area contributed by atoms with Gasteiger partial charge in [-0.3, -0.25) is 0 Å². The van der Waals surface area contributed by atoms with E-state index >= 15 is 0 Å². The van der Waals surface area contributed by atoms with Crippen LogP contribution in [0.3, 0.4) is 0 Å². The summed E-state index contributed by atoms with van der Waals surface area (Å²) in [6.07, 6.45) is 3.89. The molecule has 0 saturated heterocycles. The van der Waals surface area contributed by atoms with Crippen molar-refractivity contribution in [2.24, 2.45) is 17.6 Å². The van der Waals surface area contributed by atoms with Gasteiger partial charge in [-0.15, -0.1) is 10.2 Å². The number of nitrogens with zero attached hydrogens (tertiary/aromatic N) is 3. The van der Waals surface area contributed by atoms with E-state index in [2.05, 4.69) is 35.5 Å². The summed E-state index contributed by atoms with van der Waals surface area (Å²) in [5.74, 6) is 2.28. The fourth-order valence-electron chi connectivity index (χ4n) is 1.51. The molecule has 0 fully saturated rings. The molecular formula is C11H22N4. The van der Waals surface area contributed by atoms with Gasteiger partial charge in [-0.05, 0) is 24.8 Å². The summed E-state index contributed by atoms with van der Waals surface area (Å²) < 4.78 is 2.15. The molecule has 2 N–H and O–H groups in total. The molecule has 0 saturated carbocycles. The average Bonchev–Trinajstić information content (AvgIpc) is 2.61. The highest BCUT2D eigenvalue weighted by molar-refractivity contribution is 4.86. The van der Waals surface area contributed by atoms with Crippen LogP contribution in [0.4, 0.5) is 0 Å². The molecule has 86 valence electrons. The topological polar surface area (TPSA) is 56.7 Å². The van der Waals surface area contributed by atoms with Gasteiger partial charge in [-0.25, -0.2) is 0 Å². The second-order valence-corrected chi connectivity index (χ2v) is 4.67. The summed E-state index contributed by atoms with van der Waals surface area (Å²) >= 11 is 0. The summed E-state index contributed by atoms with van der Waals surface area (Å²) in [6, 6.07) is 0. The Morgan fingerprint density at radius 3 is 2.73 bits per heavy atom. The first-order chi connectivity index (χ1) is 7.13. The van der Waals surface area contributed by atoms with Gasteiger partial charge in [0.1, 0.15) is 12.2 Å². The van der Waals surface area contributed by atoms with Crippen molar-refractivity contribution >= 4 is 0 Å². The fraction of sp³-hybridized carbons (Fsp3) is 0.818. The standard InChI is InChI=1S/C11H22N4/c1-9(2)7-15-8-13-14-11(15)5-4-10(3)6-12/h8-10H,4-7,12H2,1-3H3. The van der Waals surface area contributed by atoms with Crippen molar-refractivity contribution in [3.8, 4) is 0 Å². The van der Waals surface area contributed by atoms with Crippen LogP contribution in [-0.4, -0.2) is 21.3 Å². The molecule has 0 radical (unpaired) electrons. The third-order valence-corrected chi connectivity index (χ3v) is 2.52. The van der Waals surface area contributed by atoms with E-state index in [1.807, 2.05) is 6.33 Å². The molecule has 4 nitrogen and oxygen atoms in total. The van der Waals surface area contributed by atoms with Crippen LogP contribution in [0.5, 0.6) is 0 Å². The Hall–Kier alpha value is -0.900. The Labute approximate surface area is 91.9 Å². The highest BCUT2D eigenvalue weighted by Crippen LogP contribution is 2.08.